The van der Waals surface area contributed by atoms with Crippen LogP contribution in [-0.4, -0.2) is 30.4 Å². The summed E-state index contributed by atoms with van der Waals surface area (Å²) in [4.78, 5) is 1.34. The number of allylic oxidation sites excluding steroid dienone is 2. The van der Waals surface area contributed by atoms with Crippen LogP contribution >= 0.6 is 0 Å². The van der Waals surface area contributed by atoms with Crippen LogP contribution in [0.3, 0.4) is 0 Å². The summed E-state index contributed by atoms with van der Waals surface area (Å²) in [7, 11) is 1.38. The third-order valence-electron chi connectivity index (χ3n) is 5.84. The van der Waals surface area contributed by atoms with Crippen LogP contribution in [0.2, 0.25) is 0 Å². The Kier molecular flexibility index (Phi) is 3.86. The van der Waals surface area contributed by atoms with Crippen molar-refractivity contribution in [3.05, 3.63) is 52.8 Å². The van der Waals surface area contributed by atoms with E-state index >= 15 is 0 Å². The first-order chi connectivity index (χ1) is 12.6. The minimum atomic E-state index is -4.64. The first kappa shape index (κ1) is 18.3. The minimum absolute atomic E-state index is 0.114. The molecule has 3 nitrogen and oxygen atoms in total. The Hall–Kier alpha value is -2.09. The summed E-state index contributed by atoms with van der Waals surface area (Å²) in [5.74, 6) is -1.25. The van der Waals surface area contributed by atoms with Gasteiger partial charge in [-0.05, 0) is 49.5 Å². The number of alkyl halides is 3. The Bertz CT molecular complexity index is 862. The predicted molar refractivity (Wildman–Crippen MR) is 89.1 cm³/mol. The molecule has 1 aliphatic carbocycles. The molecule has 0 radical (unpaired) electrons. The summed E-state index contributed by atoms with van der Waals surface area (Å²) in [5, 5.41) is 3.19. The number of hydrogen-bond donors (Lipinski definition) is 1. The van der Waals surface area contributed by atoms with Crippen molar-refractivity contribution in [3.63, 3.8) is 0 Å². The smallest absolute Gasteiger partial charge is 0.417 e. The van der Waals surface area contributed by atoms with Gasteiger partial charge in [0, 0.05) is 12.7 Å². The third kappa shape index (κ3) is 2.56. The fourth-order valence-corrected chi connectivity index (χ4v) is 4.48. The first-order valence-corrected chi connectivity index (χ1v) is 8.69. The molecule has 2 heterocycles. The second-order valence-corrected chi connectivity index (χ2v) is 7.44. The molecule has 2 atom stereocenters. The zero-order valence-electron chi connectivity index (χ0n) is 14.9. The van der Waals surface area contributed by atoms with Crippen molar-refractivity contribution in [2.24, 2.45) is 0 Å². The second kappa shape index (κ2) is 5.70. The standard InChI is InChI=1S/C19H19F5N2O/c1-17-15(20)8-11(19(22,23)24)9-26(17)10-18(25-17)7-3-4-12-13(18)5-6-14(27-2)16(12)21/h5-6,8-9,25H,3-4,7,10H2,1-2H3/t17?,18-/m1/s1. The van der Waals surface area contributed by atoms with Crippen molar-refractivity contribution in [2.45, 2.75) is 43.6 Å². The maximum Gasteiger partial charge on any atom is 0.417 e. The zero-order valence-corrected chi connectivity index (χ0v) is 14.9. The molecule has 1 unspecified atom stereocenters. The lowest BCUT2D eigenvalue weighted by molar-refractivity contribution is -0.0907. The molecule has 0 aromatic heterocycles. The Morgan fingerprint density at radius 3 is 2.63 bits per heavy atom. The lowest BCUT2D eigenvalue weighted by Crippen LogP contribution is -2.53. The van der Waals surface area contributed by atoms with E-state index in [1.54, 1.807) is 6.07 Å². The SMILES string of the molecule is COc1ccc2c(c1F)CCC[C@@]21CN2C=C(C(F)(F)F)C=C(F)C2(C)N1. The molecule has 1 N–H and O–H groups in total. The summed E-state index contributed by atoms with van der Waals surface area (Å²) in [6, 6.07) is 3.23. The fourth-order valence-electron chi connectivity index (χ4n) is 4.48. The van der Waals surface area contributed by atoms with Crippen molar-refractivity contribution < 1.29 is 26.7 Å². The zero-order chi connectivity index (χ0) is 19.6. The highest BCUT2D eigenvalue weighted by molar-refractivity contribution is 5.47. The van der Waals surface area contributed by atoms with Crippen LogP contribution in [0, 0.1) is 5.82 Å². The molecule has 1 aromatic rings. The maximum atomic E-state index is 14.7. The summed E-state index contributed by atoms with van der Waals surface area (Å²) >= 11 is 0. The Balaban J connectivity index is 1.80. The summed E-state index contributed by atoms with van der Waals surface area (Å²) < 4.78 is 73.9. The van der Waals surface area contributed by atoms with Gasteiger partial charge in [0.25, 0.3) is 0 Å². The van der Waals surface area contributed by atoms with E-state index < -0.39 is 34.6 Å². The average molecular weight is 386 g/mol. The highest BCUT2D eigenvalue weighted by Gasteiger charge is 2.56. The largest absolute Gasteiger partial charge is 0.494 e. The molecule has 27 heavy (non-hydrogen) atoms. The third-order valence-corrected chi connectivity index (χ3v) is 5.84. The van der Waals surface area contributed by atoms with Crippen LogP contribution < -0.4 is 10.1 Å². The van der Waals surface area contributed by atoms with Crippen LogP contribution in [0.1, 0.15) is 30.9 Å². The molecule has 8 heteroatoms. The van der Waals surface area contributed by atoms with Crippen molar-refractivity contribution in [2.75, 3.05) is 13.7 Å². The van der Waals surface area contributed by atoms with Gasteiger partial charge in [0.05, 0.1) is 18.2 Å². The van der Waals surface area contributed by atoms with Crippen LogP contribution in [0.4, 0.5) is 22.0 Å². The van der Waals surface area contributed by atoms with Crippen molar-refractivity contribution in [1.82, 2.24) is 10.2 Å². The normalized spacial score (nSPS) is 30.0. The van der Waals surface area contributed by atoms with Gasteiger partial charge in [-0.15, -0.1) is 0 Å². The molecule has 0 amide bonds. The molecule has 1 saturated heterocycles. The number of methoxy groups -OCH3 is 1. The van der Waals surface area contributed by atoms with E-state index in [9.17, 15) is 22.0 Å². The number of rotatable bonds is 1. The number of halogens is 5. The topological polar surface area (TPSA) is 24.5 Å². The van der Waals surface area contributed by atoms with Crippen molar-refractivity contribution in [1.29, 1.82) is 0 Å². The minimum Gasteiger partial charge on any atom is -0.494 e. The Morgan fingerprint density at radius 2 is 1.96 bits per heavy atom. The first-order valence-electron chi connectivity index (χ1n) is 8.69. The Morgan fingerprint density at radius 1 is 1.22 bits per heavy atom. The molecule has 0 bridgehead atoms. The lowest BCUT2D eigenvalue weighted by atomic mass is 9.76. The van der Waals surface area contributed by atoms with Crippen molar-refractivity contribution >= 4 is 0 Å². The maximum absolute atomic E-state index is 14.7. The van der Waals surface area contributed by atoms with Crippen LogP contribution in [0.5, 0.6) is 5.75 Å². The lowest BCUT2D eigenvalue weighted by Gasteiger charge is -2.38. The van der Waals surface area contributed by atoms with E-state index in [2.05, 4.69) is 5.32 Å². The Labute approximate surface area is 153 Å². The number of nitrogens with one attached hydrogen (secondary N) is 1. The number of fused-ring (bicyclic) bond motifs is 3. The average Bonchev–Trinajstić information content (AvgIpc) is 2.89. The molecule has 2 aliphatic heterocycles. The molecule has 1 fully saturated rings. The van der Waals surface area contributed by atoms with E-state index in [0.717, 1.165) is 6.20 Å². The molecular weight excluding hydrogens is 367 g/mol. The van der Waals surface area contributed by atoms with Gasteiger partial charge in [-0.25, -0.2) is 8.78 Å². The molecule has 1 spiro atoms. The van der Waals surface area contributed by atoms with E-state index in [-0.39, 0.29) is 12.3 Å². The molecule has 146 valence electrons. The van der Waals surface area contributed by atoms with Gasteiger partial charge in [-0.2, -0.15) is 13.2 Å². The quantitative estimate of drug-likeness (QED) is 0.729. The number of ether oxygens (including phenoxy) is 1. The molecule has 4 rings (SSSR count). The predicted octanol–water partition coefficient (Wildman–Crippen LogP) is 4.30. The van der Waals surface area contributed by atoms with E-state index in [1.165, 1.54) is 25.0 Å². The molecule has 0 saturated carbocycles. The van der Waals surface area contributed by atoms with E-state index in [4.69, 9.17) is 4.74 Å². The summed E-state index contributed by atoms with van der Waals surface area (Å²) in [6.45, 7) is 1.62. The van der Waals surface area contributed by atoms with E-state index in [1.807, 2.05) is 0 Å². The highest BCUT2D eigenvalue weighted by Crippen LogP contribution is 2.49. The van der Waals surface area contributed by atoms with Gasteiger partial charge in [-0.1, -0.05) is 6.07 Å². The fraction of sp³-hybridized carbons (Fsp3) is 0.474. The van der Waals surface area contributed by atoms with Crippen molar-refractivity contribution in [3.8, 4) is 5.75 Å². The van der Waals surface area contributed by atoms with Gasteiger partial charge in [0.1, 0.15) is 11.5 Å². The summed E-state index contributed by atoms with van der Waals surface area (Å²) in [5.41, 5.74) is -2.15. The number of hydrogen-bond acceptors (Lipinski definition) is 3. The summed E-state index contributed by atoms with van der Waals surface area (Å²) in [6.07, 6.45) is -1.46. The number of benzene rings is 1. The molecule has 1 aromatic carbocycles. The van der Waals surface area contributed by atoms with Crippen LogP contribution in [0.15, 0.2) is 35.8 Å². The van der Waals surface area contributed by atoms with Gasteiger partial charge in [0.2, 0.25) is 0 Å². The van der Waals surface area contributed by atoms with Gasteiger partial charge < -0.3 is 9.64 Å². The van der Waals surface area contributed by atoms with Gasteiger partial charge >= 0.3 is 6.18 Å². The number of nitrogens with zero attached hydrogens (tertiary/aromatic N) is 1. The monoisotopic (exact) mass is 386 g/mol. The van der Waals surface area contributed by atoms with Crippen LogP contribution in [-0.2, 0) is 12.0 Å². The second-order valence-electron chi connectivity index (χ2n) is 7.44. The molecular formula is C19H19F5N2O. The van der Waals surface area contributed by atoms with Gasteiger partial charge in [-0.3, -0.25) is 5.32 Å². The van der Waals surface area contributed by atoms with E-state index in [0.29, 0.717) is 36.5 Å². The molecule has 3 aliphatic rings. The van der Waals surface area contributed by atoms with Crippen LogP contribution in [0.25, 0.3) is 0 Å². The highest BCUT2D eigenvalue weighted by atomic mass is 19.4. The van der Waals surface area contributed by atoms with Gasteiger partial charge in [0.15, 0.2) is 11.6 Å².